The van der Waals surface area contributed by atoms with Crippen molar-refractivity contribution in [1.82, 2.24) is 20.9 Å². The first-order chi connectivity index (χ1) is 8.24. The minimum absolute atomic E-state index is 0.170. The van der Waals surface area contributed by atoms with Gasteiger partial charge in [-0.3, -0.25) is 4.90 Å². The highest BCUT2D eigenvalue weighted by Crippen LogP contribution is 2.17. The molecule has 0 aliphatic carbocycles. The van der Waals surface area contributed by atoms with Crippen molar-refractivity contribution in [1.29, 1.82) is 0 Å². The lowest BCUT2D eigenvalue weighted by Crippen LogP contribution is -2.42. The second kappa shape index (κ2) is 3.65. The van der Waals surface area contributed by atoms with Gasteiger partial charge in [0.1, 0.15) is 12.3 Å². The first-order valence-corrected chi connectivity index (χ1v) is 5.42. The normalized spacial score (nSPS) is 26.2. The third-order valence-electron chi connectivity index (χ3n) is 2.95. The summed E-state index contributed by atoms with van der Waals surface area (Å²) in [5.41, 5.74) is 1.03. The largest absolute Gasteiger partial charge is 0.321 e. The van der Waals surface area contributed by atoms with Gasteiger partial charge in [-0.15, -0.1) is 0 Å². The van der Waals surface area contributed by atoms with Crippen molar-refractivity contribution in [2.75, 3.05) is 0 Å². The fourth-order valence-corrected chi connectivity index (χ4v) is 2.14. The number of hydrogen-bond donors (Lipinski definition) is 3. The van der Waals surface area contributed by atoms with Gasteiger partial charge in [0.25, 0.3) is 0 Å². The zero-order valence-corrected chi connectivity index (χ0v) is 9.01. The third-order valence-corrected chi connectivity index (χ3v) is 2.95. The number of carbonyl (C=O) groups is 2. The smallest absolute Gasteiger partial charge is 0.314 e. The molecule has 4 amide bonds. The van der Waals surface area contributed by atoms with Crippen LogP contribution in [0, 0.1) is 0 Å². The Balaban J connectivity index is 1.78. The van der Waals surface area contributed by atoms with E-state index in [1.807, 2.05) is 30.3 Å². The van der Waals surface area contributed by atoms with Crippen LogP contribution in [0.2, 0.25) is 0 Å². The second-order valence-corrected chi connectivity index (χ2v) is 4.10. The van der Waals surface area contributed by atoms with E-state index in [-0.39, 0.29) is 24.4 Å². The molecule has 2 aliphatic heterocycles. The molecule has 88 valence electrons. The maximum atomic E-state index is 11.7. The number of amides is 4. The minimum Gasteiger partial charge on any atom is -0.314 e. The molecular weight excluding hydrogens is 220 g/mol. The summed E-state index contributed by atoms with van der Waals surface area (Å²) in [6, 6.07) is 9.25. The summed E-state index contributed by atoms with van der Waals surface area (Å²) in [5, 5.41) is 8.06. The van der Waals surface area contributed by atoms with Crippen LogP contribution in [0.3, 0.4) is 0 Å². The van der Waals surface area contributed by atoms with Crippen molar-refractivity contribution in [3.63, 3.8) is 0 Å². The third kappa shape index (κ3) is 1.67. The monoisotopic (exact) mass is 232 g/mol. The number of hydrogen-bond acceptors (Lipinski definition) is 2. The molecule has 2 fully saturated rings. The zero-order chi connectivity index (χ0) is 11.8. The van der Waals surface area contributed by atoms with Crippen LogP contribution in [0.15, 0.2) is 30.3 Å². The molecule has 2 atom stereocenters. The highest BCUT2D eigenvalue weighted by Gasteiger charge is 2.45. The number of rotatable bonds is 2. The first-order valence-electron chi connectivity index (χ1n) is 5.42. The van der Waals surface area contributed by atoms with Crippen LogP contribution in [-0.2, 0) is 6.54 Å². The van der Waals surface area contributed by atoms with Gasteiger partial charge >= 0.3 is 12.1 Å². The zero-order valence-electron chi connectivity index (χ0n) is 9.01. The Morgan fingerprint density at radius 3 is 2.59 bits per heavy atom. The molecule has 0 aromatic heterocycles. The average molecular weight is 232 g/mol. The standard InChI is InChI=1S/C11H12N4O2/c16-10-12-8-9(14-10)15(11(17)13-8)6-7-4-2-1-3-5-7/h1-5,8-9H,6H2,(H,13,17)(H2,12,14,16)/t8-,9+/m0/s1. The highest BCUT2D eigenvalue weighted by molar-refractivity contribution is 5.84. The van der Waals surface area contributed by atoms with Gasteiger partial charge < -0.3 is 16.0 Å². The number of nitrogens with zero attached hydrogens (tertiary/aromatic N) is 1. The van der Waals surface area contributed by atoms with E-state index in [9.17, 15) is 9.59 Å². The number of nitrogens with one attached hydrogen (secondary N) is 3. The molecule has 0 spiro atoms. The van der Waals surface area contributed by atoms with E-state index in [1.165, 1.54) is 0 Å². The lowest BCUT2D eigenvalue weighted by molar-refractivity contribution is 0.192. The molecule has 3 N–H and O–H groups in total. The van der Waals surface area contributed by atoms with Crippen molar-refractivity contribution < 1.29 is 9.59 Å². The predicted molar refractivity (Wildman–Crippen MR) is 59.8 cm³/mol. The Kier molecular flexibility index (Phi) is 2.14. The number of benzene rings is 1. The predicted octanol–water partition coefficient (Wildman–Crippen LogP) is 0.177. The van der Waals surface area contributed by atoms with Crippen molar-refractivity contribution in [3.05, 3.63) is 35.9 Å². The Morgan fingerprint density at radius 1 is 1.06 bits per heavy atom. The SMILES string of the molecule is O=C1N[C@H]2NC(=O)N(Cc3ccccc3)[C@H]2N1. The molecule has 0 bridgehead atoms. The molecule has 1 aromatic rings. The minimum atomic E-state index is -0.335. The van der Waals surface area contributed by atoms with Crippen LogP contribution >= 0.6 is 0 Å². The van der Waals surface area contributed by atoms with Gasteiger partial charge in [-0.25, -0.2) is 9.59 Å². The summed E-state index contributed by atoms with van der Waals surface area (Å²) in [6.07, 6.45) is -0.645. The molecule has 6 nitrogen and oxygen atoms in total. The first kappa shape index (κ1) is 9.95. The number of carbonyl (C=O) groups excluding carboxylic acids is 2. The van der Waals surface area contributed by atoms with Crippen LogP contribution in [0.25, 0.3) is 0 Å². The summed E-state index contributed by atoms with van der Waals surface area (Å²) in [7, 11) is 0. The topological polar surface area (TPSA) is 73.5 Å². The van der Waals surface area contributed by atoms with Crippen molar-refractivity contribution >= 4 is 12.1 Å². The fourth-order valence-electron chi connectivity index (χ4n) is 2.14. The maximum absolute atomic E-state index is 11.7. The summed E-state index contributed by atoms with van der Waals surface area (Å²) in [4.78, 5) is 24.5. The van der Waals surface area contributed by atoms with Gasteiger partial charge in [0.15, 0.2) is 0 Å². The van der Waals surface area contributed by atoms with Gasteiger partial charge in [0.2, 0.25) is 0 Å². The molecule has 17 heavy (non-hydrogen) atoms. The van der Waals surface area contributed by atoms with Crippen molar-refractivity contribution in [3.8, 4) is 0 Å². The van der Waals surface area contributed by atoms with Crippen molar-refractivity contribution in [2.24, 2.45) is 0 Å². The van der Waals surface area contributed by atoms with E-state index in [2.05, 4.69) is 16.0 Å². The second-order valence-electron chi connectivity index (χ2n) is 4.10. The summed E-state index contributed by atoms with van der Waals surface area (Å²) in [5.74, 6) is 0. The molecule has 0 radical (unpaired) electrons. The van der Waals surface area contributed by atoms with E-state index in [0.29, 0.717) is 6.54 Å². The van der Waals surface area contributed by atoms with Crippen LogP contribution in [0.4, 0.5) is 9.59 Å². The summed E-state index contributed by atoms with van der Waals surface area (Å²) < 4.78 is 0. The maximum Gasteiger partial charge on any atom is 0.321 e. The Hall–Kier alpha value is -2.24. The molecule has 3 rings (SSSR count). The molecule has 1 aromatic carbocycles. The van der Waals surface area contributed by atoms with Gasteiger partial charge in [0.05, 0.1) is 0 Å². The average Bonchev–Trinajstić information content (AvgIpc) is 2.79. The van der Waals surface area contributed by atoms with E-state index in [1.54, 1.807) is 4.90 Å². The van der Waals surface area contributed by atoms with Gasteiger partial charge in [-0.1, -0.05) is 30.3 Å². The summed E-state index contributed by atoms with van der Waals surface area (Å²) in [6.45, 7) is 0.482. The molecule has 2 aliphatic rings. The van der Waals surface area contributed by atoms with E-state index in [4.69, 9.17) is 0 Å². The highest BCUT2D eigenvalue weighted by atomic mass is 16.2. The molecule has 0 unspecified atom stereocenters. The fraction of sp³-hybridized carbons (Fsp3) is 0.273. The van der Waals surface area contributed by atoms with E-state index >= 15 is 0 Å². The Labute approximate surface area is 98.0 Å². The van der Waals surface area contributed by atoms with E-state index < -0.39 is 0 Å². The lowest BCUT2D eigenvalue weighted by atomic mass is 10.2. The Morgan fingerprint density at radius 2 is 1.82 bits per heavy atom. The van der Waals surface area contributed by atoms with Gasteiger partial charge in [-0.2, -0.15) is 0 Å². The van der Waals surface area contributed by atoms with E-state index in [0.717, 1.165) is 5.56 Å². The quantitative estimate of drug-likeness (QED) is 0.680. The molecule has 2 heterocycles. The molecule has 6 heteroatoms. The molecule has 0 saturated carbocycles. The molecular formula is C11H12N4O2. The Bertz CT molecular complexity index is 462. The lowest BCUT2D eigenvalue weighted by Gasteiger charge is -2.21. The van der Waals surface area contributed by atoms with Crippen LogP contribution in [0.5, 0.6) is 0 Å². The number of fused-ring (bicyclic) bond motifs is 1. The summed E-state index contributed by atoms with van der Waals surface area (Å²) >= 11 is 0. The van der Waals surface area contributed by atoms with Crippen LogP contribution in [-0.4, -0.2) is 29.3 Å². The number of urea groups is 2. The molecule has 2 saturated heterocycles. The van der Waals surface area contributed by atoms with Gasteiger partial charge in [-0.05, 0) is 5.56 Å². The van der Waals surface area contributed by atoms with Crippen LogP contribution < -0.4 is 16.0 Å². The van der Waals surface area contributed by atoms with Crippen LogP contribution in [0.1, 0.15) is 5.56 Å². The van der Waals surface area contributed by atoms with Gasteiger partial charge in [0, 0.05) is 6.54 Å². The van der Waals surface area contributed by atoms with Crippen molar-refractivity contribution in [2.45, 2.75) is 18.9 Å².